The molecule has 0 saturated heterocycles. The van der Waals surface area contributed by atoms with Crippen molar-refractivity contribution >= 4 is 34.7 Å². The number of rotatable bonds is 2. The largest absolute Gasteiger partial charge is 0.262 e. The molecule has 2 N–H and O–H groups in total. The molecule has 2 rings (SSSR count). The van der Waals surface area contributed by atoms with Gasteiger partial charge in [0, 0.05) is 6.07 Å². The van der Waals surface area contributed by atoms with Crippen molar-refractivity contribution in [2.24, 2.45) is 5.84 Å². The zero-order chi connectivity index (χ0) is 11.5. The molecule has 1 aromatic heterocycles. The Bertz CT molecular complexity index is 469. The van der Waals surface area contributed by atoms with E-state index in [-0.39, 0.29) is 10.4 Å². The van der Waals surface area contributed by atoms with Crippen molar-refractivity contribution in [3.63, 3.8) is 0 Å². The SMILES string of the molecule is NN(c1ccccc1)c1cc(Cl)nc(Cl)n1. The predicted octanol–water partition coefficient (Wildman–Crippen LogP) is 2.80. The summed E-state index contributed by atoms with van der Waals surface area (Å²) < 4.78 is 0. The molecule has 0 aliphatic carbocycles. The minimum Gasteiger partial charge on any atom is -0.262 e. The van der Waals surface area contributed by atoms with E-state index >= 15 is 0 Å². The van der Waals surface area contributed by atoms with E-state index in [1.165, 1.54) is 5.01 Å². The van der Waals surface area contributed by atoms with Gasteiger partial charge in [-0.05, 0) is 23.7 Å². The van der Waals surface area contributed by atoms with Gasteiger partial charge in [-0.2, -0.15) is 4.98 Å². The average molecular weight is 255 g/mol. The van der Waals surface area contributed by atoms with Crippen LogP contribution in [0.4, 0.5) is 11.5 Å². The Labute approximate surface area is 103 Å². The Kier molecular flexibility index (Phi) is 3.24. The van der Waals surface area contributed by atoms with E-state index in [0.29, 0.717) is 5.82 Å². The maximum Gasteiger partial charge on any atom is 0.225 e. The van der Waals surface area contributed by atoms with Crippen molar-refractivity contribution in [3.05, 3.63) is 46.8 Å². The van der Waals surface area contributed by atoms with E-state index in [9.17, 15) is 0 Å². The maximum atomic E-state index is 5.88. The number of hydrazine groups is 1. The first-order valence-electron chi connectivity index (χ1n) is 4.47. The number of halogens is 2. The van der Waals surface area contributed by atoms with Crippen LogP contribution in [0.3, 0.4) is 0 Å². The molecule has 0 fully saturated rings. The number of nitrogens with zero attached hydrogens (tertiary/aromatic N) is 3. The summed E-state index contributed by atoms with van der Waals surface area (Å²) in [5, 5.41) is 1.70. The molecule has 16 heavy (non-hydrogen) atoms. The molecular formula is C10H8Cl2N4. The molecule has 0 aliphatic heterocycles. The molecule has 0 radical (unpaired) electrons. The fourth-order valence-corrected chi connectivity index (χ4v) is 1.62. The summed E-state index contributed by atoms with van der Waals surface area (Å²) in [6.07, 6.45) is 0. The molecule has 0 unspecified atom stereocenters. The quantitative estimate of drug-likeness (QED) is 0.388. The molecule has 6 heteroatoms. The molecule has 0 saturated carbocycles. The second-order valence-corrected chi connectivity index (χ2v) is 3.75. The van der Waals surface area contributed by atoms with Crippen LogP contribution in [0.2, 0.25) is 10.4 Å². The number of aromatic nitrogens is 2. The third-order valence-corrected chi connectivity index (χ3v) is 2.30. The van der Waals surface area contributed by atoms with Gasteiger partial charge in [-0.15, -0.1) is 0 Å². The highest BCUT2D eigenvalue weighted by Gasteiger charge is 2.08. The minimum absolute atomic E-state index is 0.0638. The van der Waals surface area contributed by atoms with Crippen LogP contribution in [0.1, 0.15) is 0 Å². The van der Waals surface area contributed by atoms with Crippen molar-refractivity contribution < 1.29 is 0 Å². The highest BCUT2D eigenvalue weighted by molar-refractivity contribution is 6.32. The molecule has 0 spiro atoms. The normalized spacial score (nSPS) is 10.2. The van der Waals surface area contributed by atoms with Crippen molar-refractivity contribution in [1.29, 1.82) is 0 Å². The lowest BCUT2D eigenvalue weighted by molar-refractivity contribution is 1.01. The van der Waals surface area contributed by atoms with Crippen molar-refractivity contribution in [3.8, 4) is 0 Å². The smallest absolute Gasteiger partial charge is 0.225 e. The van der Waals surface area contributed by atoms with Gasteiger partial charge in [-0.25, -0.2) is 10.8 Å². The van der Waals surface area contributed by atoms with Gasteiger partial charge in [0.2, 0.25) is 5.28 Å². The molecule has 4 nitrogen and oxygen atoms in total. The Morgan fingerprint density at radius 1 is 1.06 bits per heavy atom. The van der Waals surface area contributed by atoms with Crippen LogP contribution < -0.4 is 10.9 Å². The Morgan fingerprint density at radius 2 is 1.75 bits per heavy atom. The van der Waals surface area contributed by atoms with E-state index in [1.54, 1.807) is 6.07 Å². The number of anilines is 2. The minimum atomic E-state index is 0.0638. The Balaban J connectivity index is 2.37. The van der Waals surface area contributed by atoms with Gasteiger partial charge in [0.25, 0.3) is 0 Å². The number of hydrogen-bond acceptors (Lipinski definition) is 4. The van der Waals surface area contributed by atoms with E-state index in [1.807, 2.05) is 30.3 Å². The second kappa shape index (κ2) is 4.65. The maximum absolute atomic E-state index is 5.88. The van der Waals surface area contributed by atoms with Crippen molar-refractivity contribution in [2.45, 2.75) is 0 Å². The summed E-state index contributed by atoms with van der Waals surface area (Å²) in [7, 11) is 0. The number of nitrogens with two attached hydrogens (primary N) is 1. The monoisotopic (exact) mass is 254 g/mol. The zero-order valence-electron chi connectivity index (χ0n) is 8.14. The first-order valence-corrected chi connectivity index (χ1v) is 5.22. The van der Waals surface area contributed by atoms with Crippen LogP contribution in [0.5, 0.6) is 0 Å². The summed E-state index contributed by atoms with van der Waals surface area (Å²) in [5.41, 5.74) is 0.785. The van der Waals surface area contributed by atoms with E-state index < -0.39 is 0 Å². The molecule has 0 aliphatic rings. The fourth-order valence-electron chi connectivity index (χ4n) is 1.22. The average Bonchev–Trinajstić information content (AvgIpc) is 2.28. The van der Waals surface area contributed by atoms with Gasteiger partial charge in [0.1, 0.15) is 5.15 Å². The Hall–Kier alpha value is -1.36. The molecule has 1 heterocycles. The number of para-hydroxylation sites is 1. The molecule has 1 aromatic carbocycles. The third kappa shape index (κ3) is 2.41. The van der Waals surface area contributed by atoms with Gasteiger partial charge in [0.05, 0.1) is 5.69 Å². The van der Waals surface area contributed by atoms with Crippen LogP contribution in [-0.4, -0.2) is 9.97 Å². The van der Waals surface area contributed by atoms with Crippen LogP contribution in [0.15, 0.2) is 36.4 Å². The van der Waals surface area contributed by atoms with Gasteiger partial charge in [-0.3, -0.25) is 5.01 Å². The molecule has 0 amide bonds. The second-order valence-electron chi connectivity index (χ2n) is 3.02. The van der Waals surface area contributed by atoms with Crippen LogP contribution >= 0.6 is 23.2 Å². The highest BCUT2D eigenvalue weighted by Crippen LogP contribution is 2.22. The van der Waals surface area contributed by atoms with Crippen LogP contribution in [0.25, 0.3) is 0 Å². The summed E-state index contributed by atoms with van der Waals surface area (Å²) >= 11 is 11.5. The van der Waals surface area contributed by atoms with Crippen molar-refractivity contribution in [2.75, 3.05) is 5.01 Å². The molecule has 0 atom stereocenters. The topological polar surface area (TPSA) is 55.0 Å². The van der Waals surface area contributed by atoms with E-state index in [0.717, 1.165) is 5.69 Å². The lowest BCUT2D eigenvalue weighted by Crippen LogP contribution is -2.26. The lowest BCUT2D eigenvalue weighted by Gasteiger charge is -2.17. The lowest BCUT2D eigenvalue weighted by atomic mass is 10.3. The van der Waals surface area contributed by atoms with E-state index in [4.69, 9.17) is 29.0 Å². The first-order chi connectivity index (χ1) is 7.66. The highest BCUT2D eigenvalue weighted by atomic mass is 35.5. The standard InChI is InChI=1S/C10H8Cl2N4/c11-8-6-9(15-10(12)14-8)16(13)7-4-2-1-3-5-7/h1-6H,13H2. The molecule has 2 aromatic rings. The molecular weight excluding hydrogens is 247 g/mol. The summed E-state index contributed by atoms with van der Waals surface area (Å²) in [4.78, 5) is 7.73. The van der Waals surface area contributed by atoms with Gasteiger partial charge >= 0.3 is 0 Å². The van der Waals surface area contributed by atoms with Gasteiger partial charge in [0.15, 0.2) is 5.82 Å². The van der Waals surface area contributed by atoms with Crippen LogP contribution in [-0.2, 0) is 0 Å². The summed E-state index contributed by atoms with van der Waals surface area (Å²) in [6.45, 7) is 0. The van der Waals surface area contributed by atoms with Gasteiger partial charge in [-0.1, -0.05) is 29.8 Å². The molecule has 82 valence electrons. The zero-order valence-corrected chi connectivity index (χ0v) is 9.65. The summed E-state index contributed by atoms with van der Waals surface area (Å²) in [6, 6.07) is 10.9. The van der Waals surface area contributed by atoms with E-state index in [2.05, 4.69) is 9.97 Å². The number of benzene rings is 1. The predicted molar refractivity (Wildman–Crippen MR) is 64.8 cm³/mol. The fraction of sp³-hybridized carbons (Fsp3) is 0. The van der Waals surface area contributed by atoms with Gasteiger partial charge < -0.3 is 0 Å². The number of hydrogen-bond donors (Lipinski definition) is 1. The van der Waals surface area contributed by atoms with Crippen LogP contribution in [0, 0.1) is 0 Å². The first kappa shape index (κ1) is 11.1. The molecule has 0 bridgehead atoms. The van der Waals surface area contributed by atoms with Crippen molar-refractivity contribution in [1.82, 2.24) is 9.97 Å². The summed E-state index contributed by atoms with van der Waals surface area (Å²) in [5.74, 6) is 6.32. The third-order valence-electron chi connectivity index (χ3n) is 1.94. The Morgan fingerprint density at radius 3 is 2.38 bits per heavy atom.